The van der Waals surface area contributed by atoms with E-state index in [-0.39, 0.29) is 29.3 Å². The summed E-state index contributed by atoms with van der Waals surface area (Å²) < 4.78 is 27.6. The van der Waals surface area contributed by atoms with Gasteiger partial charge in [0, 0.05) is 24.0 Å². The van der Waals surface area contributed by atoms with Crippen LogP contribution in [0, 0.1) is 0 Å². The molecule has 3 aromatic carbocycles. The molecule has 1 unspecified atom stereocenters. The average Bonchev–Trinajstić information content (AvgIpc) is 3.07. The maximum atomic E-state index is 13.8. The maximum Gasteiger partial charge on any atom is 0.269 e. The predicted octanol–water partition coefficient (Wildman–Crippen LogP) is 3.37. The molecule has 0 spiro atoms. The fourth-order valence-electron chi connectivity index (χ4n) is 4.28. The number of fused-ring (bicyclic) bond motifs is 1. The van der Waals surface area contributed by atoms with Crippen LogP contribution in [0.15, 0.2) is 88.2 Å². The number of halogens is 1. The zero-order valence-electron chi connectivity index (χ0n) is 20.1. The summed E-state index contributed by atoms with van der Waals surface area (Å²) in [5.74, 6) is -1.78. The third-order valence-electron chi connectivity index (χ3n) is 6.05. The van der Waals surface area contributed by atoms with Crippen molar-refractivity contribution < 1.29 is 22.8 Å². The Balaban J connectivity index is 1.71. The Labute approximate surface area is 224 Å². The highest BCUT2D eigenvalue weighted by atomic mass is 79.9. The van der Waals surface area contributed by atoms with Crippen molar-refractivity contribution in [1.82, 2.24) is 14.5 Å². The highest BCUT2D eigenvalue weighted by Crippen LogP contribution is 2.30. The summed E-state index contributed by atoms with van der Waals surface area (Å²) in [7, 11) is -4.19. The molecule has 10 heteroatoms. The molecular weight excluding hydrogens is 558 g/mol. The Morgan fingerprint density at radius 2 is 1.65 bits per heavy atom. The van der Waals surface area contributed by atoms with E-state index in [1.165, 1.54) is 23.1 Å². The van der Waals surface area contributed by atoms with Gasteiger partial charge < -0.3 is 10.2 Å². The lowest BCUT2D eigenvalue weighted by Gasteiger charge is -2.32. The molecule has 3 amide bonds. The summed E-state index contributed by atoms with van der Waals surface area (Å²) in [5.41, 5.74) is 1.60. The highest BCUT2D eigenvalue weighted by molar-refractivity contribution is 9.10. The minimum Gasteiger partial charge on any atom is -0.355 e. The lowest BCUT2D eigenvalue weighted by Crippen LogP contribution is -2.53. The molecule has 8 nitrogen and oxygen atoms in total. The van der Waals surface area contributed by atoms with E-state index in [0.717, 1.165) is 15.6 Å². The van der Waals surface area contributed by atoms with Crippen LogP contribution in [0.4, 0.5) is 0 Å². The first-order chi connectivity index (χ1) is 17.7. The van der Waals surface area contributed by atoms with Gasteiger partial charge in [-0.3, -0.25) is 14.4 Å². The number of sulfonamides is 1. The maximum absolute atomic E-state index is 13.8. The third-order valence-corrected chi connectivity index (χ3v) is 8.34. The molecule has 0 saturated carbocycles. The van der Waals surface area contributed by atoms with Crippen LogP contribution in [-0.2, 0) is 32.6 Å². The SMILES string of the molecule is CCNC(=O)C(Cc1ccccc1)N(Cc1cccc(Br)c1)C(=O)CN1C(=O)c2ccccc2S1(=O)=O. The number of carbonyl (C=O) groups excluding carboxylic acids is 3. The lowest BCUT2D eigenvalue weighted by atomic mass is 10.0. The van der Waals surface area contributed by atoms with Gasteiger partial charge in [-0.05, 0) is 42.3 Å². The number of likely N-dealkylation sites (N-methyl/N-ethyl adjacent to an activating group) is 1. The fourth-order valence-corrected chi connectivity index (χ4v) is 6.24. The van der Waals surface area contributed by atoms with Gasteiger partial charge in [-0.15, -0.1) is 0 Å². The molecule has 1 N–H and O–H groups in total. The first-order valence-electron chi connectivity index (χ1n) is 11.7. The molecule has 3 aromatic rings. The lowest BCUT2D eigenvalue weighted by molar-refractivity contribution is -0.141. The van der Waals surface area contributed by atoms with E-state index < -0.39 is 34.4 Å². The van der Waals surface area contributed by atoms with Crippen LogP contribution < -0.4 is 5.32 Å². The van der Waals surface area contributed by atoms with Gasteiger partial charge in [0.2, 0.25) is 11.8 Å². The molecular formula is C27H26BrN3O5S. The molecule has 37 heavy (non-hydrogen) atoms. The highest BCUT2D eigenvalue weighted by Gasteiger charge is 2.43. The quantitative estimate of drug-likeness (QED) is 0.416. The molecule has 0 bridgehead atoms. The van der Waals surface area contributed by atoms with E-state index in [4.69, 9.17) is 0 Å². The van der Waals surface area contributed by atoms with Gasteiger partial charge in [0.1, 0.15) is 17.5 Å². The smallest absolute Gasteiger partial charge is 0.269 e. The third kappa shape index (κ3) is 5.75. The summed E-state index contributed by atoms with van der Waals surface area (Å²) >= 11 is 3.43. The second-order valence-electron chi connectivity index (χ2n) is 8.56. The number of nitrogens with zero attached hydrogens (tertiary/aromatic N) is 2. The summed E-state index contributed by atoms with van der Waals surface area (Å²) in [5, 5.41) is 2.79. The molecule has 0 aromatic heterocycles. The van der Waals surface area contributed by atoms with Crippen LogP contribution in [0.1, 0.15) is 28.4 Å². The second-order valence-corrected chi connectivity index (χ2v) is 11.3. The van der Waals surface area contributed by atoms with Crippen LogP contribution in [0.2, 0.25) is 0 Å². The van der Waals surface area contributed by atoms with E-state index in [9.17, 15) is 22.8 Å². The molecule has 192 valence electrons. The molecule has 0 saturated heterocycles. The standard InChI is InChI=1S/C27H26BrN3O5S/c1-2-29-26(33)23(16-19-9-4-3-5-10-19)30(17-20-11-8-12-21(28)15-20)25(32)18-31-27(34)22-13-6-7-14-24(22)37(31,35)36/h3-15,23H,2,16-18H2,1H3,(H,29,33). The largest absolute Gasteiger partial charge is 0.355 e. The van der Waals surface area contributed by atoms with E-state index in [1.807, 2.05) is 54.6 Å². The predicted molar refractivity (Wildman–Crippen MR) is 142 cm³/mol. The van der Waals surface area contributed by atoms with E-state index in [1.54, 1.807) is 13.0 Å². The molecule has 1 heterocycles. The van der Waals surface area contributed by atoms with Gasteiger partial charge in [-0.2, -0.15) is 0 Å². The van der Waals surface area contributed by atoms with E-state index >= 15 is 0 Å². The molecule has 1 aliphatic heterocycles. The number of amides is 3. The fraction of sp³-hybridized carbons (Fsp3) is 0.222. The summed E-state index contributed by atoms with van der Waals surface area (Å²) in [6.07, 6.45) is 0.216. The number of hydrogen-bond donors (Lipinski definition) is 1. The van der Waals surface area contributed by atoms with E-state index in [0.29, 0.717) is 10.8 Å². The minimum absolute atomic E-state index is 0.0263. The van der Waals surface area contributed by atoms with Crippen LogP contribution in [0.25, 0.3) is 0 Å². The van der Waals surface area contributed by atoms with Gasteiger partial charge in [-0.1, -0.05) is 70.5 Å². The first kappa shape index (κ1) is 26.6. The molecule has 0 fully saturated rings. The Bertz CT molecular complexity index is 1430. The first-order valence-corrected chi connectivity index (χ1v) is 14.0. The van der Waals surface area contributed by atoms with Crippen molar-refractivity contribution in [3.05, 3.63) is 100 Å². The number of nitrogens with one attached hydrogen (secondary N) is 1. The Kier molecular flexibility index (Phi) is 8.09. The molecule has 0 radical (unpaired) electrons. The zero-order chi connectivity index (χ0) is 26.6. The average molecular weight is 584 g/mol. The van der Waals surface area contributed by atoms with Crippen LogP contribution in [0.5, 0.6) is 0 Å². The van der Waals surface area contributed by atoms with Gasteiger partial charge in [0.05, 0.1) is 5.56 Å². The van der Waals surface area contributed by atoms with Gasteiger partial charge >= 0.3 is 0 Å². The van der Waals surface area contributed by atoms with Crippen molar-refractivity contribution in [3.8, 4) is 0 Å². The normalized spacial score (nSPS) is 14.6. The zero-order valence-corrected chi connectivity index (χ0v) is 22.5. The van der Waals surface area contributed by atoms with Crippen molar-refractivity contribution in [2.24, 2.45) is 0 Å². The van der Waals surface area contributed by atoms with Crippen LogP contribution in [0.3, 0.4) is 0 Å². The van der Waals surface area contributed by atoms with E-state index in [2.05, 4.69) is 21.2 Å². The topological polar surface area (TPSA) is 104 Å². The molecule has 1 aliphatic rings. The van der Waals surface area contributed by atoms with Crippen LogP contribution >= 0.6 is 15.9 Å². The minimum atomic E-state index is -4.19. The van der Waals surface area contributed by atoms with Gasteiger partial charge in [-0.25, -0.2) is 12.7 Å². The van der Waals surface area contributed by atoms with Crippen molar-refractivity contribution in [2.45, 2.75) is 30.8 Å². The summed E-state index contributed by atoms with van der Waals surface area (Å²) in [6, 6.07) is 21.5. The van der Waals surface area contributed by atoms with Crippen LogP contribution in [-0.4, -0.2) is 54.5 Å². The Morgan fingerprint density at radius 3 is 2.32 bits per heavy atom. The van der Waals surface area contributed by atoms with Crippen molar-refractivity contribution in [2.75, 3.05) is 13.1 Å². The summed E-state index contributed by atoms with van der Waals surface area (Å²) in [6.45, 7) is 1.47. The molecule has 0 aliphatic carbocycles. The Hall–Kier alpha value is -3.50. The monoisotopic (exact) mass is 583 g/mol. The Morgan fingerprint density at radius 1 is 0.973 bits per heavy atom. The van der Waals surface area contributed by atoms with Crippen molar-refractivity contribution in [1.29, 1.82) is 0 Å². The number of benzene rings is 3. The van der Waals surface area contributed by atoms with Gasteiger partial charge in [0.15, 0.2) is 0 Å². The number of rotatable bonds is 9. The summed E-state index contributed by atoms with van der Waals surface area (Å²) in [4.78, 5) is 41.2. The van der Waals surface area contributed by atoms with Crippen molar-refractivity contribution in [3.63, 3.8) is 0 Å². The molecule has 1 atom stereocenters. The van der Waals surface area contributed by atoms with Crippen molar-refractivity contribution >= 4 is 43.7 Å². The second kappa shape index (κ2) is 11.3. The molecule has 4 rings (SSSR count). The number of hydrogen-bond acceptors (Lipinski definition) is 5. The number of carbonyl (C=O) groups is 3. The van der Waals surface area contributed by atoms with Gasteiger partial charge in [0.25, 0.3) is 15.9 Å².